The van der Waals surface area contributed by atoms with E-state index in [9.17, 15) is 19.7 Å². The minimum Gasteiger partial charge on any atom is -0.449 e. The monoisotopic (exact) mass is 474 g/mol. The first-order valence-electron chi connectivity index (χ1n) is 10.1. The molecule has 170 valence electrons. The summed E-state index contributed by atoms with van der Waals surface area (Å²) in [5.41, 5.74) is 2.93. The zero-order chi connectivity index (χ0) is 23.9. The van der Waals surface area contributed by atoms with Crippen molar-refractivity contribution >= 4 is 51.9 Å². The Labute approximate surface area is 198 Å². The van der Waals surface area contributed by atoms with Crippen LogP contribution in [-0.4, -0.2) is 28.7 Å². The number of carbonyl (C=O) groups is 2. The van der Waals surface area contributed by atoms with Gasteiger partial charge in [-0.1, -0.05) is 48.2 Å². The molecule has 1 heterocycles. The number of carbonyl (C=O) groups excluding carboxylic acids is 2. The standard InChI is InChI=1S/C24H18N4O5S/c29-22(26-19-9-8-16-4-1-2-5-17(16)12-19)15-34-23-11-10-21(33-23)14-25-27-24(30)18-6-3-7-20(13-18)28(31)32/h1-14H,15H2,(H,26,29)(H,27,30). The highest BCUT2D eigenvalue weighted by atomic mass is 32.2. The number of amides is 2. The number of furan rings is 1. The van der Waals surface area contributed by atoms with Crippen LogP contribution in [-0.2, 0) is 4.79 Å². The summed E-state index contributed by atoms with van der Waals surface area (Å²) in [5.74, 6) is -0.236. The highest BCUT2D eigenvalue weighted by molar-refractivity contribution is 7.99. The molecule has 0 aliphatic carbocycles. The number of rotatable bonds is 8. The van der Waals surface area contributed by atoms with Crippen molar-refractivity contribution in [3.8, 4) is 0 Å². The Balaban J connectivity index is 1.27. The number of hydrogen-bond donors (Lipinski definition) is 2. The van der Waals surface area contributed by atoms with Crippen LogP contribution in [0.2, 0.25) is 0 Å². The molecular formula is C24H18N4O5S. The van der Waals surface area contributed by atoms with E-state index in [2.05, 4.69) is 15.8 Å². The molecule has 0 spiro atoms. The third-order valence-corrected chi connectivity index (χ3v) is 5.57. The number of benzene rings is 3. The van der Waals surface area contributed by atoms with E-state index in [1.807, 2.05) is 42.5 Å². The number of fused-ring (bicyclic) bond motifs is 1. The van der Waals surface area contributed by atoms with Gasteiger partial charge in [-0.3, -0.25) is 19.7 Å². The maximum atomic E-state index is 12.3. The van der Waals surface area contributed by atoms with Crippen molar-refractivity contribution in [2.24, 2.45) is 5.10 Å². The van der Waals surface area contributed by atoms with Gasteiger partial charge in [0.1, 0.15) is 5.76 Å². The number of nitro groups is 1. The molecule has 4 rings (SSSR count). The first-order chi connectivity index (χ1) is 16.5. The number of nitro benzene ring substituents is 1. The largest absolute Gasteiger partial charge is 0.449 e. The molecule has 0 bridgehead atoms. The number of hydrogen-bond acceptors (Lipinski definition) is 7. The van der Waals surface area contributed by atoms with E-state index < -0.39 is 10.8 Å². The van der Waals surface area contributed by atoms with E-state index in [0.29, 0.717) is 10.9 Å². The fourth-order valence-electron chi connectivity index (χ4n) is 3.06. The van der Waals surface area contributed by atoms with Crippen molar-refractivity contribution in [1.82, 2.24) is 5.43 Å². The summed E-state index contributed by atoms with van der Waals surface area (Å²) in [5, 5.41) is 20.1. The molecule has 1 aromatic heterocycles. The van der Waals surface area contributed by atoms with E-state index in [0.717, 1.165) is 22.5 Å². The Morgan fingerprint density at radius 3 is 2.65 bits per heavy atom. The minimum atomic E-state index is -0.591. The average molecular weight is 474 g/mol. The van der Waals surface area contributed by atoms with Crippen LogP contribution in [0.1, 0.15) is 16.1 Å². The third-order valence-electron chi connectivity index (χ3n) is 4.66. The van der Waals surface area contributed by atoms with Gasteiger partial charge < -0.3 is 9.73 Å². The quantitative estimate of drug-likeness (QED) is 0.163. The highest BCUT2D eigenvalue weighted by Gasteiger charge is 2.11. The van der Waals surface area contributed by atoms with Gasteiger partial charge in [0.05, 0.1) is 16.9 Å². The van der Waals surface area contributed by atoms with Crippen LogP contribution in [0.5, 0.6) is 0 Å². The second kappa shape index (κ2) is 10.5. The Morgan fingerprint density at radius 1 is 1.00 bits per heavy atom. The molecule has 0 saturated heterocycles. The van der Waals surface area contributed by atoms with Crippen molar-refractivity contribution in [1.29, 1.82) is 0 Å². The summed E-state index contributed by atoms with van der Waals surface area (Å²) >= 11 is 1.22. The predicted octanol–water partition coefficient (Wildman–Crippen LogP) is 4.84. The van der Waals surface area contributed by atoms with Gasteiger partial charge in [-0.25, -0.2) is 5.43 Å². The first kappa shape index (κ1) is 22.7. The number of nitrogens with zero attached hydrogens (tertiary/aromatic N) is 2. The molecule has 10 heteroatoms. The van der Waals surface area contributed by atoms with Gasteiger partial charge in [0.25, 0.3) is 11.6 Å². The molecule has 0 saturated carbocycles. The van der Waals surface area contributed by atoms with Crippen LogP contribution >= 0.6 is 11.8 Å². The lowest BCUT2D eigenvalue weighted by Gasteiger charge is -2.06. The summed E-state index contributed by atoms with van der Waals surface area (Å²) in [6, 6.07) is 22.3. The average Bonchev–Trinajstić information content (AvgIpc) is 3.30. The van der Waals surface area contributed by atoms with Crippen LogP contribution in [0.15, 0.2) is 93.5 Å². The van der Waals surface area contributed by atoms with Crippen molar-refractivity contribution in [3.05, 3.63) is 100 Å². The molecule has 0 atom stereocenters. The lowest BCUT2D eigenvalue weighted by Crippen LogP contribution is -2.17. The molecule has 4 aromatic rings. The van der Waals surface area contributed by atoms with E-state index >= 15 is 0 Å². The van der Waals surface area contributed by atoms with Gasteiger partial charge in [-0.05, 0) is 41.1 Å². The molecule has 2 N–H and O–H groups in total. The maximum Gasteiger partial charge on any atom is 0.271 e. The molecule has 34 heavy (non-hydrogen) atoms. The number of anilines is 1. The van der Waals surface area contributed by atoms with E-state index in [4.69, 9.17) is 4.42 Å². The van der Waals surface area contributed by atoms with Crippen molar-refractivity contribution < 1.29 is 18.9 Å². The second-order valence-corrected chi connectivity index (χ2v) is 8.04. The molecule has 0 aliphatic rings. The normalized spacial score (nSPS) is 10.9. The summed E-state index contributed by atoms with van der Waals surface area (Å²) < 4.78 is 5.57. The summed E-state index contributed by atoms with van der Waals surface area (Å²) in [4.78, 5) is 34.6. The smallest absolute Gasteiger partial charge is 0.271 e. The molecule has 3 aromatic carbocycles. The topological polar surface area (TPSA) is 127 Å². The Kier molecular flexibility index (Phi) is 6.99. The summed E-state index contributed by atoms with van der Waals surface area (Å²) in [6.45, 7) is 0. The number of non-ortho nitro benzene ring substituents is 1. The molecule has 0 aliphatic heterocycles. The van der Waals surface area contributed by atoms with Crippen LogP contribution < -0.4 is 10.7 Å². The molecule has 0 radical (unpaired) electrons. The van der Waals surface area contributed by atoms with Crippen LogP contribution in [0.3, 0.4) is 0 Å². The third kappa shape index (κ3) is 5.87. The van der Waals surface area contributed by atoms with Gasteiger partial charge in [0.2, 0.25) is 5.91 Å². The fraction of sp³-hybridized carbons (Fsp3) is 0.0417. The zero-order valence-corrected chi connectivity index (χ0v) is 18.5. The summed E-state index contributed by atoms with van der Waals surface area (Å²) in [6.07, 6.45) is 1.30. The van der Waals surface area contributed by atoms with Gasteiger partial charge in [-0.2, -0.15) is 5.10 Å². The predicted molar refractivity (Wildman–Crippen MR) is 130 cm³/mol. The Hall–Kier alpha value is -4.44. The number of nitrogens with one attached hydrogen (secondary N) is 2. The van der Waals surface area contributed by atoms with E-state index in [1.165, 1.54) is 36.2 Å². The van der Waals surface area contributed by atoms with Crippen molar-refractivity contribution in [2.75, 3.05) is 11.1 Å². The van der Waals surface area contributed by atoms with E-state index in [1.54, 1.807) is 12.1 Å². The zero-order valence-electron chi connectivity index (χ0n) is 17.6. The molecule has 0 unspecified atom stereocenters. The molecule has 9 nitrogen and oxygen atoms in total. The maximum absolute atomic E-state index is 12.3. The van der Waals surface area contributed by atoms with Crippen molar-refractivity contribution in [3.63, 3.8) is 0 Å². The van der Waals surface area contributed by atoms with Gasteiger partial charge in [-0.15, -0.1) is 0 Å². The first-order valence-corrected chi connectivity index (χ1v) is 11.1. The highest BCUT2D eigenvalue weighted by Crippen LogP contribution is 2.22. The Bertz CT molecular complexity index is 1400. The minimum absolute atomic E-state index is 0.111. The molecule has 2 amide bonds. The second-order valence-electron chi connectivity index (χ2n) is 7.06. The van der Waals surface area contributed by atoms with Gasteiger partial charge >= 0.3 is 0 Å². The van der Waals surface area contributed by atoms with Crippen LogP contribution in [0, 0.1) is 10.1 Å². The van der Waals surface area contributed by atoms with E-state index in [-0.39, 0.29) is 22.9 Å². The van der Waals surface area contributed by atoms with Crippen LogP contribution in [0.4, 0.5) is 11.4 Å². The fourth-order valence-corrected chi connectivity index (χ4v) is 3.73. The Morgan fingerprint density at radius 2 is 1.82 bits per heavy atom. The lowest BCUT2D eigenvalue weighted by molar-refractivity contribution is -0.384. The van der Waals surface area contributed by atoms with Gasteiger partial charge in [0, 0.05) is 23.4 Å². The SMILES string of the molecule is O=C(CSc1ccc(C=NNC(=O)c2cccc([N+](=O)[O-])c2)o1)Nc1ccc2ccccc2c1. The molecule has 0 fully saturated rings. The van der Waals surface area contributed by atoms with Crippen molar-refractivity contribution in [2.45, 2.75) is 5.09 Å². The number of thioether (sulfide) groups is 1. The summed E-state index contributed by atoms with van der Waals surface area (Å²) in [7, 11) is 0. The number of hydrazone groups is 1. The van der Waals surface area contributed by atoms with Crippen LogP contribution in [0.25, 0.3) is 10.8 Å². The van der Waals surface area contributed by atoms with Gasteiger partial charge in [0.15, 0.2) is 5.09 Å². The molecular weight excluding hydrogens is 456 g/mol. The lowest BCUT2D eigenvalue weighted by atomic mass is 10.1.